The average Bonchev–Trinajstić information content (AvgIpc) is 2.73. The Kier molecular flexibility index (Phi) is 1.74. The maximum absolute atomic E-state index is 3.46. The Balaban J connectivity index is 2.00. The maximum atomic E-state index is 3.46. The molecule has 2 heterocycles. The lowest BCUT2D eigenvalue weighted by molar-refractivity contribution is 0.306. The molecule has 0 radical (unpaired) electrons. The van der Waals surface area contributed by atoms with Crippen LogP contribution in [0.1, 0.15) is 29.7 Å². The molecule has 0 atom stereocenters. The Morgan fingerprint density at radius 3 is 2.92 bits per heavy atom. The Morgan fingerprint density at radius 2 is 2.08 bits per heavy atom. The van der Waals surface area contributed by atoms with E-state index in [1.165, 1.54) is 38.8 Å². The number of fused-ring (bicyclic) bond motifs is 2. The number of aryl methyl sites for hydroxylation is 1. The van der Waals surface area contributed by atoms with E-state index < -0.39 is 0 Å². The predicted molar refractivity (Wildman–Crippen MR) is 56.4 cm³/mol. The lowest BCUT2D eigenvalue weighted by atomic mass is 9.75. The normalized spacial score (nSPS) is 24.9. The molecular formula is C11H15NS. The van der Waals surface area contributed by atoms with Gasteiger partial charge in [0.1, 0.15) is 0 Å². The summed E-state index contributed by atoms with van der Waals surface area (Å²) >= 11 is 1.96. The first kappa shape index (κ1) is 8.01. The molecule has 1 fully saturated rings. The molecule has 1 aromatic rings. The second-order valence-corrected chi connectivity index (χ2v) is 5.29. The van der Waals surface area contributed by atoms with Crippen LogP contribution in [0.3, 0.4) is 0 Å². The van der Waals surface area contributed by atoms with Crippen LogP contribution < -0.4 is 5.32 Å². The molecule has 2 aliphatic rings. The summed E-state index contributed by atoms with van der Waals surface area (Å²) in [6, 6.07) is 2.37. The molecule has 1 N–H and O–H groups in total. The van der Waals surface area contributed by atoms with Crippen LogP contribution in [0.4, 0.5) is 0 Å². The fourth-order valence-corrected chi connectivity index (χ4v) is 3.92. The van der Waals surface area contributed by atoms with E-state index in [1.807, 2.05) is 11.3 Å². The molecule has 1 aliphatic heterocycles. The zero-order valence-corrected chi connectivity index (χ0v) is 8.62. The minimum Gasteiger partial charge on any atom is -0.317 e. The van der Waals surface area contributed by atoms with Gasteiger partial charge in [-0.05, 0) is 61.2 Å². The number of hydrogen-bond donors (Lipinski definition) is 1. The van der Waals surface area contributed by atoms with Gasteiger partial charge < -0.3 is 5.32 Å². The number of nitrogens with one attached hydrogen (secondary N) is 1. The zero-order valence-electron chi connectivity index (χ0n) is 7.81. The number of piperidine rings is 1. The molecule has 1 saturated heterocycles. The summed E-state index contributed by atoms with van der Waals surface area (Å²) in [6.07, 6.45) is 5.47. The van der Waals surface area contributed by atoms with Crippen molar-refractivity contribution in [1.29, 1.82) is 0 Å². The number of hydrogen-bond acceptors (Lipinski definition) is 2. The minimum atomic E-state index is 0.584. The molecule has 13 heavy (non-hydrogen) atoms. The molecule has 0 bridgehead atoms. The van der Waals surface area contributed by atoms with Crippen molar-refractivity contribution in [3.8, 4) is 0 Å². The van der Waals surface area contributed by atoms with Crippen LogP contribution >= 0.6 is 11.3 Å². The van der Waals surface area contributed by atoms with Gasteiger partial charge in [-0.1, -0.05) is 0 Å². The molecule has 70 valence electrons. The first-order valence-electron chi connectivity index (χ1n) is 5.18. The summed E-state index contributed by atoms with van der Waals surface area (Å²) in [5.74, 6) is 0. The van der Waals surface area contributed by atoms with Crippen molar-refractivity contribution in [2.45, 2.75) is 31.1 Å². The SMILES string of the molecule is c1cc2c(s1)CCC21CCNCC1. The van der Waals surface area contributed by atoms with Crippen molar-refractivity contribution in [2.24, 2.45) is 0 Å². The van der Waals surface area contributed by atoms with E-state index in [-0.39, 0.29) is 0 Å². The zero-order chi connectivity index (χ0) is 8.73. The van der Waals surface area contributed by atoms with Gasteiger partial charge in [0.2, 0.25) is 0 Å². The highest BCUT2D eigenvalue weighted by atomic mass is 32.1. The highest BCUT2D eigenvalue weighted by Gasteiger charge is 2.39. The van der Waals surface area contributed by atoms with Gasteiger partial charge in [0, 0.05) is 4.88 Å². The fraction of sp³-hybridized carbons (Fsp3) is 0.636. The lowest BCUT2D eigenvalue weighted by Gasteiger charge is -2.34. The quantitative estimate of drug-likeness (QED) is 0.667. The molecule has 0 saturated carbocycles. The molecule has 1 nitrogen and oxygen atoms in total. The van der Waals surface area contributed by atoms with Crippen LogP contribution in [0.5, 0.6) is 0 Å². The van der Waals surface area contributed by atoms with E-state index in [1.54, 1.807) is 10.4 Å². The van der Waals surface area contributed by atoms with Crippen molar-refractivity contribution in [1.82, 2.24) is 5.32 Å². The third-order valence-corrected chi connectivity index (χ3v) is 4.69. The first-order valence-corrected chi connectivity index (χ1v) is 6.06. The van der Waals surface area contributed by atoms with Crippen molar-refractivity contribution >= 4 is 11.3 Å². The van der Waals surface area contributed by atoms with Crippen LogP contribution in [-0.4, -0.2) is 13.1 Å². The molecule has 1 aliphatic carbocycles. The minimum absolute atomic E-state index is 0.584. The Bertz CT molecular complexity index is 310. The molecule has 1 aromatic heterocycles. The Labute approximate surface area is 83.2 Å². The van der Waals surface area contributed by atoms with Gasteiger partial charge in [0.25, 0.3) is 0 Å². The van der Waals surface area contributed by atoms with Crippen molar-refractivity contribution < 1.29 is 0 Å². The lowest BCUT2D eigenvalue weighted by Crippen LogP contribution is -2.38. The van der Waals surface area contributed by atoms with E-state index in [2.05, 4.69) is 16.8 Å². The third kappa shape index (κ3) is 1.09. The topological polar surface area (TPSA) is 12.0 Å². The van der Waals surface area contributed by atoms with Gasteiger partial charge in [-0.25, -0.2) is 0 Å². The smallest absolute Gasteiger partial charge is 0.00832 e. The van der Waals surface area contributed by atoms with E-state index in [9.17, 15) is 0 Å². The third-order valence-electron chi connectivity index (χ3n) is 3.71. The average molecular weight is 193 g/mol. The standard InChI is InChI=1S/C11H15NS/c1-3-11(4-6-12-7-5-11)9-2-8-13-10(1)9/h2,8,12H,1,3-7H2. The molecule has 0 aromatic carbocycles. The second-order valence-electron chi connectivity index (χ2n) is 4.29. The maximum Gasteiger partial charge on any atom is 0.00832 e. The molecule has 0 amide bonds. The molecule has 3 rings (SSSR count). The molecular weight excluding hydrogens is 178 g/mol. The summed E-state index contributed by atoms with van der Waals surface area (Å²) in [5.41, 5.74) is 2.28. The summed E-state index contributed by atoms with van der Waals surface area (Å²) in [6.45, 7) is 2.44. The Hall–Kier alpha value is -0.340. The summed E-state index contributed by atoms with van der Waals surface area (Å²) < 4.78 is 0. The largest absolute Gasteiger partial charge is 0.317 e. The van der Waals surface area contributed by atoms with Gasteiger partial charge >= 0.3 is 0 Å². The van der Waals surface area contributed by atoms with Crippen LogP contribution in [0.25, 0.3) is 0 Å². The van der Waals surface area contributed by atoms with E-state index in [0.29, 0.717) is 5.41 Å². The monoisotopic (exact) mass is 193 g/mol. The highest BCUT2D eigenvalue weighted by Crippen LogP contribution is 2.46. The summed E-state index contributed by atoms with van der Waals surface area (Å²) in [7, 11) is 0. The van der Waals surface area contributed by atoms with E-state index in [0.717, 1.165) is 0 Å². The Morgan fingerprint density at radius 1 is 1.23 bits per heavy atom. The summed E-state index contributed by atoms with van der Waals surface area (Å²) in [4.78, 5) is 1.67. The van der Waals surface area contributed by atoms with Crippen molar-refractivity contribution in [2.75, 3.05) is 13.1 Å². The van der Waals surface area contributed by atoms with Crippen LogP contribution in [0.2, 0.25) is 0 Å². The number of thiophene rings is 1. The highest BCUT2D eigenvalue weighted by molar-refractivity contribution is 7.10. The van der Waals surface area contributed by atoms with Gasteiger partial charge in [-0.3, -0.25) is 0 Å². The first-order chi connectivity index (χ1) is 6.41. The van der Waals surface area contributed by atoms with Crippen molar-refractivity contribution in [3.63, 3.8) is 0 Å². The second kappa shape index (κ2) is 2.82. The summed E-state index contributed by atoms with van der Waals surface area (Å²) in [5, 5.41) is 5.73. The molecule has 1 spiro atoms. The van der Waals surface area contributed by atoms with Crippen molar-refractivity contribution in [3.05, 3.63) is 21.9 Å². The van der Waals surface area contributed by atoms with Crippen LogP contribution in [0, 0.1) is 0 Å². The van der Waals surface area contributed by atoms with Crippen LogP contribution in [0.15, 0.2) is 11.4 Å². The molecule has 0 unspecified atom stereocenters. The van der Waals surface area contributed by atoms with E-state index >= 15 is 0 Å². The molecule has 2 heteroatoms. The van der Waals surface area contributed by atoms with Gasteiger partial charge in [0.05, 0.1) is 0 Å². The fourth-order valence-electron chi connectivity index (χ4n) is 2.92. The van der Waals surface area contributed by atoms with Gasteiger partial charge in [-0.15, -0.1) is 11.3 Å². The predicted octanol–water partition coefficient (Wildman–Crippen LogP) is 2.32. The number of rotatable bonds is 0. The van der Waals surface area contributed by atoms with Gasteiger partial charge in [0.15, 0.2) is 0 Å². The van der Waals surface area contributed by atoms with E-state index in [4.69, 9.17) is 0 Å². The van der Waals surface area contributed by atoms with Crippen LogP contribution in [-0.2, 0) is 11.8 Å². The van der Waals surface area contributed by atoms with Gasteiger partial charge in [-0.2, -0.15) is 0 Å².